The van der Waals surface area contributed by atoms with E-state index in [1.54, 1.807) is 89.7 Å². The van der Waals surface area contributed by atoms with Gasteiger partial charge >= 0.3 is 6.18 Å². The van der Waals surface area contributed by atoms with E-state index >= 15 is 17.6 Å². The maximum atomic E-state index is 15.5. The lowest BCUT2D eigenvalue weighted by molar-refractivity contribution is -0.662. The summed E-state index contributed by atoms with van der Waals surface area (Å²) in [6.45, 7) is 21.0. The zero-order chi connectivity index (χ0) is 94.6. The van der Waals surface area contributed by atoms with Gasteiger partial charge in [0.2, 0.25) is 46.6 Å². The van der Waals surface area contributed by atoms with E-state index in [0.717, 1.165) is 102 Å². The normalized spacial score (nSPS) is 13.6. The molecule has 12 heterocycles. The molecule has 2 fully saturated rings. The molecule has 12 aromatic heterocycles. The first kappa shape index (κ1) is 89.4. The molecule has 20 aromatic rings. The SMILES string of the molecule is Cc1c(C)c(F)c2c(oc3nc(F)ccc32)c1-c1c2ccc(C(C)C)cc2nc[n+]1C.Cc1c(C)c(F)c2c(oc3nc(F)ccc32)c1-c1c2ccc(C3CCCC3)cc2nc[n+]1C.Cc1c(C)c(F)c2c(oc3nc(F)ccc32)c1-c1c2ccc(CC(C)(C)C(F)(F)F)cc2nc[n+]1C.Cc1c(C)c(F)c2c(oc3nc(F)ccc32)c1-c1c2ccc(CC3CCCC3)cc2nc[n+]1C. The van der Waals surface area contributed by atoms with Gasteiger partial charge in [0.25, 0.3) is 25.3 Å². The Bertz CT molecular complexity index is 8310. The van der Waals surface area contributed by atoms with Crippen LogP contribution < -0.4 is 18.3 Å². The van der Waals surface area contributed by atoms with E-state index in [1.165, 1.54) is 124 Å². The van der Waals surface area contributed by atoms with Crippen molar-refractivity contribution >= 4 is 132 Å². The predicted molar refractivity (Wildman–Crippen MR) is 496 cm³/mol. The molecule has 2 aliphatic rings. The molecule has 0 saturated heterocycles. The van der Waals surface area contributed by atoms with Crippen LogP contribution in [-0.2, 0) is 41.0 Å². The minimum Gasteiger partial charge on any atom is -0.437 e. The standard InChI is InChI=1S/C28H26F2N3O.C27H23F5N3O.C27H24F2N3O.C25H22F2N3O/c1-15-16(2)25(30)24-20-10-11-22(29)32-28(20)34-27(24)23(15)26-19-9-8-18(12-17-6-4-5-7-17)13-21(19)31-14-33(26)3;1-13-14(2)22(29)21-17-8-9-19(28)34-25(17)36-24(21)20(13)23-16-7-6-15(10-18(16)33-12-35(23)5)11-26(3,4)27(30,31)32;1-14-15(2)24(29)23-19-10-11-21(28)31-27(19)33-26(23)22(14)25-18-9-8-17(16-6-4-5-7-16)12-20(18)30-13-32(25)3;1-12(2)15-6-7-16-18(10-15)28-11-30(5)23(16)20-13(3)14(4)22(27)21-17-8-9-19(26)29-25(17)31-24(20)21/h8-11,13-14,17H,4-7,12H2,1-3H3;6-10,12H,11H2,1-5H3;8-13,16H,4-7H2,1-3H3;6-12H,1-5H3/q4*+1. The third-order valence-electron chi connectivity index (χ3n) is 27.9. The van der Waals surface area contributed by atoms with Gasteiger partial charge in [-0.05, 0) is 283 Å². The Kier molecular flexibility index (Phi) is 22.7. The Morgan fingerprint density at radius 3 is 0.978 bits per heavy atom. The lowest BCUT2D eigenvalue weighted by Gasteiger charge is -2.27. The van der Waals surface area contributed by atoms with E-state index < -0.39 is 41.2 Å². The number of hydrogen-bond acceptors (Lipinski definition) is 12. The first-order valence-electron chi connectivity index (χ1n) is 44.8. The molecule has 0 amide bonds. The summed E-state index contributed by atoms with van der Waals surface area (Å²) >= 11 is 0. The van der Waals surface area contributed by atoms with Crippen molar-refractivity contribution in [2.24, 2.45) is 39.5 Å². The Morgan fingerprint density at radius 1 is 0.351 bits per heavy atom. The predicted octanol–water partition coefficient (Wildman–Crippen LogP) is 26.3. The summed E-state index contributed by atoms with van der Waals surface area (Å²) in [6.07, 6.45) is 13.7. The smallest absolute Gasteiger partial charge is 0.394 e. The fourth-order valence-electron chi connectivity index (χ4n) is 20.0. The molecule has 0 atom stereocenters. The fourth-order valence-corrected chi connectivity index (χ4v) is 20.0. The molecule has 134 heavy (non-hydrogen) atoms. The number of fused-ring (bicyclic) bond motifs is 16. The number of rotatable bonds is 10. The van der Waals surface area contributed by atoms with Crippen molar-refractivity contribution in [2.45, 2.75) is 165 Å². The van der Waals surface area contributed by atoms with E-state index in [9.17, 15) is 30.7 Å². The highest BCUT2D eigenvalue weighted by Gasteiger charge is 2.47. The number of alkyl halides is 3. The third kappa shape index (κ3) is 15.2. The number of halogens is 11. The van der Waals surface area contributed by atoms with Crippen molar-refractivity contribution in [1.82, 2.24) is 39.9 Å². The summed E-state index contributed by atoms with van der Waals surface area (Å²) in [7, 11) is 7.53. The maximum absolute atomic E-state index is 15.5. The van der Waals surface area contributed by atoms with Crippen LogP contribution in [0.5, 0.6) is 0 Å². The van der Waals surface area contributed by atoms with E-state index in [-0.39, 0.29) is 57.7 Å². The Balaban J connectivity index is 0.000000115. The van der Waals surface area contributed by atoms with Crippen molar-refractivity contribution in [3.63, 3.8) is 0 Å². The lowest BCUT2D eigenvalue weighted by atomic mass is 9.84. The van der Waals surface area contributed by atoms with Crippen molar-refractivity contribution < 1.29 is 84.2 Å². The van der Waals surface area contributed by atoms with Crippen LogP contribution in [0, 0.1) is 114 Å². The second kappa shape index (κ2) is 34.0. The lowest BCUT2D eigenvalue weighted by Crippen LogP contribution is -2.34. The molecule has 0 bridgehead atoms. The second-order valence-electron chi connectivity index (χ2n) is 37.0. The molecular formula is C107H95F11N12O4+4. The van der Waals surface area contributed by atoms with Crippen molar-refractivity contribution in [2.75, 3.05) is 0 Å². The Labute approximate surface area is 762 Å². The van der Waals surface area contributed by atoms with Gasteiger partial charge in [0, 0.05) is 0 Å². The molecule has 0 radical (unpaired) electrons. The first-order valence-corrected chi connectivity index (χ1v) is 44.8. The van der Waals surface area contributed by atoms with Crippen molar-refractivity contribution in [3.05, 3.63) is 260 Å². The monoisotopic (exact) mass is 1820 g/mol. The van der Waals surface area contributed by atoms with Crippen LogP contribution in [0.1, 0.15) is 158 Å². The molecule has 2 saturated carbocycles. The first-order chi connectivity index (χ1) is 63.9. The highest BCUT2D eigenvalue weighted by molar-refractivity contribution is 6.16. The van der Waals surface area contributed by atoms with Gasteiger partial charge in [-0.1, -0.05) is 90.5 Å². The van der Waals surface area contributed by atoms with Crippen LogP contribution in [0.4, 0.5) is 48.3 Å². The highest BCUT2D eigenvalue weighted by atomic mass is 19.4. The summed E-state index contributed by atoms with van der Waals surface area (Å²) in [5.74, 6) is -2.56. The highest BCUT2D eigenvalue weighted by Crippen LogP contribution is 2.50. The van der Waals surface area contributed by atoms with Gasteiger partial charge in [-0.15, -0.1) is 0 Å². The van der Waals surface area contributed by atoms with Gasteiger partial charge in [-0.25, -0.2) is 35.8 Å². The van der Waals surface area contributed by atoms with E-state index in [1.807, 2.05) is 55.6 Å². The average molecular weight is 1820 g/mol. The minimum absolute atomic E-state index is 0.0205. The molecule has 680 valence electrons. The molecule has 22 rings (SSSR count). The average Bonchev–Trinajstić information content (AvgIpc) is 1.53. The molecule has 0 spiro atoms. The molecule has 0 N–H and O–H groups in total. The number of nitrogens with zero attached hydrogens (tertiary/aromatic N) is 12. The van der Waals surface area contributed by atoms with Crippen LogP contribution in [0.2, 0.25) is 0 Å². The third-order valence-corrected chi connectivity index (χ3v) is 27.9. The molecule has 0 unspecified atom stereocenters. The summed E-state index contributed by atoms with van der Waals surface area (Å²) in [5.41, 5.74) is 18.3. The second-order valence-corrected chi connectivity index (χ2v) is 37.0. The summed E-state index contributed by atoms with van der Waals surface area (Å²) in [4.78, 5) is 33.8. The largest absolute Gasteiger partial charge is 0.437 e. The van der Waals surface area contributed by atoms with Crippen molar-refractivity contribution in [1.29, 1.82) is 0 Å². The topological polar surface area (TPSA) is 171 Å². The van der Waals surface area contributed by atoms with Crippen LogP contribution in [0.3, 0.4) is 0 Å². The number of aryl methyl sites for hydroxylation is 4. The van der Waals surface area contributed by atoms with Crippen LogP contribution >= 0.6 is 0 Å². The van der Waals surface area contributed by atoms with Crippen LogP contribution in [0.25, 0.3) is 177 Å². The summed E-state index contributed by atoms with van der Waals surface area (Å²) < 4.78 is 189. The maximum Gasteiger partial charge on any atom is 0.394 e. The zero-order valence-corrected chi connectivity index (χ0v) is 76.8. The molecule has 8 aromatic carbocycles. The van der Waals surface area contributed by atoms with Gasteiger partial charge in [0.1, 0.15) is 46.0 Å². The van der Waals surface area contributed by atoms with E-state index in [4.69, 9.17) is 27.6 Å². The summed E-state index contributed by atoms with van der Waals surface area (Å²) in [5, 5.41) is 6.48. The van der Waals surface area contributed by atoms with E-state index in [0.29, 0.717) is 122 Å². The molecule has 27 heteroatoms. The number of furan rings is 4. The van der Waals surface area contributed by atoms with Gasteiger partial charge in [-0.2, -0.15) is 50.7 Å². The molecular weight excluding hydrogens is 1730 g/mol. The molecule has 16 nitrogen and oxygen atoms in total. The summed E-state index contributed by atoms with van der Waals surface area (Å²) in [6, 6.07) is 35.1. The van der Waals surface area contributed by atoms with Gasteiger partial charge in [0.15, 0.2) is 44.4 Å². The minimum atomic E-state index is -4.35. The number of hydrogen-bond donors (Lipinski definition) is 0. The Hall–Kier alpha value is -13.9. The fraction of sp³-hybridized carbons (Fsp3) is 0.290. The molecule has 2 aliphatic carbocycles. The quantitative estimate of drug-likeness (QED) is 0.0722. The van der Waals surface area contributed by atoms with Gasteiger partial charge in [0.05, 0.1) is 120 Å². The van der Waals surface area contributed by atoms with E-state index in [2.05, 4.69) is 98.3 Å². The number of aromatic nitrogens is 12. The number of benzene rings is 8. The number of pyridine rings is 4. The van der Waals surface area contributed by atoms with Crippen LogP contribution in [0.15, 0.2) is 164 Å². The zero-order valence-electron chi connectivity index (χ0n) is 76.8. The Morgan fingerprint density at radius 2 is 0.642 bits per heavy atom. The molecule has 0 aliphatic heterocycles. The van der Waals surface area contributed by atoms with Crippen molar-refractivity contribution in [3.8, 4) is 45.0 Å². The van der Waals surface area contributed by atoms with Gasteiger partial charge < -0.3 is 17.7 Å². The van der Waals surface area contributed by atoms with Gasteiger partial charge in [-0.3, -0.25) is 0 Å². The van der Waals surface area contributed by atoms with Crippen LogP contribution in [-0.4, -0.2) is 46.0 Å².